The van der Waals surface area contributed by atoms with Crippen molar-refractivity contribution in [1.29, 1.82) is 0 Å². The van der Waals surface area contributed by atoms with Gasteiger partial charge in [-0.25, -0.2) is 4.79 Å². The summed E-state index contributed by atoms with van der Waals surface area (Å²) in [6, 6.07) is 2.11. The normalized spacial score (nSPS) is 10.6. The molecule has 15 heavy (non-hydrogen) atoms. The van der Waals surface area contributed by atoms with Gasteiger partial charge in [-0.15, -0.1) is 12.4 Å². The standard InChI is InChI=1S/C8H6F3NO2.ClH/c9-8(10,11)4-1-2-5(7(13)14)6(12)3-4;/h1-3H,12H2,(H,13,14);1H. The van der Waals surface area contributed by atoms with E-state index in [2.05, 4.69) is 0 Å². The van der Waals surface area contributed by atoms with Gasteiger partial charge in [-0.2, -0.15) is 13.2 Å². The molecule has 0 radical (unpaired) electrons. The second-order valence-corrected chi connectivity index (χ2v) is 2.60. The van der Waals surface area contributed by atoms with Crippen LogP contribution >= 0.6 is 12.4 Å². The lowest BCUT2D eigenvalue weighted by Crippen LogP contribution is -2.08. The molecule has 0 amide bonds. The Morgan fingerprint density at radius 1 is 1.33 bits per heavy atom. The van der Waals surface area contributed by atoms with E-state index in [1.165, 1.54) is 0 Å². The van der Waals surface area contributed by atoms with Crippen molar-refractivity contribution in [2.45, 2.75) is 6.18 Å². The molecule has 0 unspecified atom stereocenters. The quantitative estimate of drug-likeness (QED) is 0.742. The molecule has 0 heterocycles. The van der Waals surface area contributed by atoms with Crippen LogP contribution < -0.4 is 5.73 Å². The van der Waals surface area contributed by atoms with Crippen LogP contribution in [0.15, 0.2) is 18.2 Å². The van der Waals surface area contributed by atoms with E-state index < -0.39 is 23.4 Å². The highest BCUT2D eigenvalue weighted by molar-refractivity contribution is 5.93. The Balaban J connectivity index is 0.00000196. The van der Waals surface area contributed by atoms with Gasteiger partial charge >= 0.3 is 12.1 Å². The average molecular weight is 242 g/mol. The molecule has 0 fully saturated rings. The molecule has 0 saturated heterocycles. The number of rotatable bonds is 1. The highest BCUT2D eigenvalue weighted by Gasteiger charge is 2.31. The Morgan fingerprint density at radius 3 is 2.20 bits per heavy atom. The molecule has 0 aliphatic carbocycles. The fraction of sp³-hybridized carbons (Fsp3) is 0.125. The third kappa shape index (κ3) is 3.02. The molecule has 84 valence electrons. The smallest absolute Gasteiger partial charge is 0.416 e. The number of benzene rings is 1. The predicted octanol–water partition coefficient (Wildman–Crippen LogP) is 2.41. The maximum Gasteiger partial charge on any atom is 0.416 e. The van der Waals surface area contributed by atoms with E-state index >= 15 is 0 Å². The lowest BCUT2D eigenvalue weighted by atomic mass is 10.1. The fourth-order valence-electron chi connectivity index (χ4n) is 0.934. The van der Waals surface area contributed by atoms with Gasteiger partial charge in [0.2, 0.25) is 0 Å². The van der Waals surface area contributed by atoms with Gasteiger partial charge in [0.15, 0.2) is 0 Å². The molecule has 1 aromatic rings. The second-order valence-electron chi connectivity index (χ2n) is 2.60. The van der Waals surface area contributed by atoms with Gasteiger partial charge < -0.3 is 10.8 Å². The van der Waals surface area contributed by atoms with E-state index in [1.807, 2.05) is 0 Å². The minimum Gasteiger partial charge on any atom is -0.478 e. The van der Waals surface area contributed by atoms with Gasteiger partial charge in [-0.05, 0) is 18.2 Å². The number of hydrogen-bond acceptors (Lipinski definition) is 2. The molecule has 0 aromatic heterocycles. The Bertz CT molecular complexity index is 379. The van der Waals surface area contributed by atoms with Crippen LogP contribution in [0.5, 0.6) is 0 Å². The number of carboxylic acids is 1. The van der Waals surface area contributed by atoms with Crippen LogP contribution in [0.3, 0.4) is 0 Å². The van der Waals surface area contributed by atoms with E-state index in [0.29, 0.717) is 12.1 Å². The first-order chi connectivity index (χ1) is 6.32. The summed E-state index contributed by atoms with van der Waals surface area (Å²) in [5.74, 6) is -1.35. The third-order valence-corrected chi connectivity index (χ3v) is 1.61. The van der Waals surface area contributed by atoms with Crippen LogP contribution in [-0.2, 0) is 6.18 Å². The summed E-state index contributed by atoms with van der Waals surface area (Å²) in [5, 5.41) is 8.50. The summed E-state index contributed by atoms with van der Waals surface area (Å²) in [4.78, 5) is 10.4. The van der Waals surface area contributed by atoms with E-state index in [0.717, 1.165) is 6.07 Å². The largest absolute Gasteiger partial charge is 0.478 e. The molecule has 3 N–H and O–H groups in total. The number of carboxylic acid groups (broad SMARTS) is 1. The molecule has 7 heteroatoms. The van der Waals surface area contributed by atoms with Gasteiger partial charge in [-0.1, -0.05) is 0 Å². The number of nitrogen functional groups attached to an aromatic ring is 1. The van der Waals surface area contributed by atoms with Crippen molar-refractivity contribution in [2.75, 3.05) is 5.73 Å². The molecule has 1 aromatic carbocycles. The minimum atomic E-state index is -4.51. The molecular weight excluding hydrogens is 235 g/mol. The molecule has 1 rings (SSSR count). The summed E-state index contributed by atoms with van der Waals surface area (Å²) in [6.07, 6.45) is -4.51. The minimum absolute atomic E-state index is 0. The number of aromatic carboxylic acids is 1. The Labute approximate surface area is 89.1 Å². The Kier molecular flexibility index (Phi) is 3.97. The van der Waals surface area contributed by atoms with Gasteiger partial charge in [0.05, 0.1) is 11.1 Å². The molecule has 0 aliphatic heterocycles. The van der Waals surface area contributed by atoms with Crippen LogP contribution in [-0.4, -0.2) is 11.1 Å². The monoisotopic (exact) mass is 241 g/mol. The molecular formula is C8H7ClF3NO2. The molecule has 3 nitrogen and oxygen atoms in total. The van der Waals surface area contributed by atoms with Crippen LogP contribution in [0.25, 0.3) is 0 Å². The first-order valence-corrected chi connectivity index (χ1v) is 3.52. The highest BCUT2D eigenvalue weighted by Crippen LogP contribution is 2.31. The maximum absolute atomic E-state index is 12.1. The molecule has 0 aliphatic rings. The van der Waals surface area contributed by atoms with Crippen molar-refractivity contribution in [3.05, 3.63) is 29.3 Å². The zero-order chi connectivity index (χ0) is 10.9. The number of anilines is 1. The zero-order valence-electron chi connectivity index (χ0n) is 7.21. The first-order valence-electron chi connectivity index (χ1n) is 3.52. The van der Waals surface area contributed by atoms with Crippen LogP contribution in [0.1, 0.15) is 15.9 Å². The summed E-state index contributed by atoms with van der Waals surface area (Å²) in [7, 11) is 0. The van der Waals surface area contributed by atoms with Gasteiger partial charge in [0.25, 0.3) is 0 Å². The van der Waals surface area contributed by atoms with Crippen molar-refractivity contribution < 1.29 is 23.1 Å². The van der Waals surface area contributed by atoms with Crippen molar-refractivity contribution in [3.63, 3.8) is 0 Å². The van der Waals surface area contributed by atoms with Crippen molar-refractivity contribution in [3.8, 4) is 0 Å². The van der Waals surface area contributed by atoms with Crippen molar-refractivity contribution in [2.24, 2.45) is 0 Å². The van der Waals surface area contributed by atoms with Gasteiger partial charge in [-0.3, -0.25) is 0 Å². The van der Waals surface area contributed by atoms with Crippen LogP contribution in [0.2, 0.25) is 0 Å². The first kappa shape index (κ1) is 13.6. The lowest BCUT2D eigenvalue weighted by molar-refractivity contribution is -0.137. The number of carbonyl (C=O) groups is 1. The second kappa shape index (κ2) is 4.39. The summed E-state index contributed by atoms with van der Waals surface area (Å²) in [5.41, 5.74) is 3.45. The van der Waals surface area contributed by atoms with Gasteiger partial charge in [0.1, 0.15) is 0 Å². The predicted molar refractivity (Wildman–Crippen MR) is 50.1 cm³/mol. The Hall–Kier alpha value is -1.43. The van der Waals surface area contributed by atoms with E-state index in [9.17, 15) is 18.0 Å². The van der Waals surface area contributed by atoms with Crippen molar-refractivity contribution >= 4 is 24.1 Å². The zero-order valence-corrected chi connectivity index (χ0v) is 8.02. The molecule has 0 spiro atoms. The third-order valence-electron chi connectivity index (χ3n) is 1.61. The summed E-state index contributed by atoms with van der Waals surface area (Å²) in [6.45, 7) is 0. The molecule has 0 bridgehead atoms. The highest BCUT2D eigenvalue weighted by atomic mass is 35.5. The number of hydrogen-bond donors (Lipinski definition) is 2. The Morgan fingerprint density at radius 2 is 1.87 bits per heavy atom. The van der Waals surface area contributed by atoms with E-state index in [4.69, 9.17) is 10.8 Å². The van der Waals surface area contributed by atoms with E-state index in [1.54, 1.807) is 0 Å². The lowest BCUT2D eigenvalue weighted by Gasteiger charge is -2.08. The SMILES string of the molecule is Cl.Nc1cc(C(F)(F)F)ccc1C(=O)O. The van der Waals surface area contributed by atoms with Crippen molar-refractivity contribution in [1.82, 2.24) is 0 Å². The van der Waals surface area contributed by atoms with E-state index in [-0.39, 0.29) is 18.0 Å². The molecule has 0 atom stereocenters. The van der Waals surface area contributed by atoms with Crippen LogP contribution in [0.4, 0.5) is 18.9 Å². The molecule has 0 saturated carbocycles. The number of alkyl halides is 3. The van der Waals surface area contributed by atoms with Crippen LogP contribution in [0, 0.1) is 0 Å². The number of halogens is 4. The fourth-order valence-corrected chi connectivity index (χ4v) is 0.934. The number of nitrogens with two attached hydrogens (primary N) is 1. The summed E-state index contributed by atoms with van der Waals surface area (Å²) < 4.78 is 36.3. The van der Waals surface area contributed by atoms with Gasteiger partial charge in [0, 0.05) is 5.69 Å². The topological polar surface area (TPSA) is 63.3 Å². The maximum atomic E-state index is 12.1. The summed E-state index contributed by atoms with van der Waals surface area (Å²) >= 11 is 0. The average Bonchev–Trinajstić information content (AvgIpc) is 2.01.